The Morgan fingerprint density at radius 1 is 0.929 bits per heavy atom. The van der Waals surface area contributed by atoms with E-state index in [2.05, 4.69) is 10.3 Å². The van der Waals surface area contributed by atoms with Crippen molar-refractivity contribution in [2.45, 2.75) is 6.92 Å². The normalized spacial score (nSPS) is 11.0. The van der Waals surface area contributed by atoms with E-state index < -0.39 is 0 Å². The second-order valence-corrected chi connectivity index (χ2v) is 7.47. The average Bonchev–Trinajstić information content (AvgIpc) is 3.09. The lowest BCUT2D eigenvalue weighted by Crippen LogP contribution is -2.11. The van der Waals surface area contributed by atoms with Crippen LogP contribution in [0.1, 0.15) is 15.9 Å². The zero-order valence-electron chi connectivity index (χ0n) is 14.6. The Hall–Kier alpha value is -2.53. The third-order valence-corrected chi connectivity index (χ3v) is 5.39. The lowest BCUT2D eigenvalue weighted by Gasteiger charge is -2.06. The molecule has 0 aliphatic carbocycles. The highest BCUT2D eigenvalue weighted by molar-refractivity contribution is 6.42. The number of benzene rings is 3. The summed E-state index contributed by atoms with van der Waals surface area (Å²) >= 11 is 18.1. The van der Waals surface area contributed by atoms with Gasteiger partial charge in [0.25, 0.3) is 5.91 Å². The van der Waals surface area contributed by atoms with Crippen LogP contribution >= 0.6 is 34.8 Å². The summed E-state index contributed by atoms with van der Waals surface area (Å²) in [6.45, 7) is 1.88. The monoisotopic (exact) mass is 430 g/mol. The number of carbonyl (C=O) groups is 1. The van der Waals surface area contributed by atoms with E-state index in [0.29, 0.717) is 48.9 Å². The van der Waals surface area contributed by atoms with E-state index in [1.54, 1.807) is 48.5 Å². The van der Waals surface area contributed by atoms with E-state index in [-0.39, 0.29) is 5.91 Å². The van der Waals surface area contributed by atoms with E-state index in [1.807, 2.05) is 13.0 Å². The molecule has 4 nitrogen and oxygen atoms in total. The number of fused-ring (bicyclic) bond motifs is 1. The molecule has 0 saturated carbocycles. The molecule has 0 spiro atoms. The molecule has 0 aliphatic heterocycles. The maximum atomic E-state index is 12.5. The molecule has 0 aliphatic rings. The Bertz CT molecular complexity index is 1220. The lowest BCUT2D eigenvalue weighted by molar-refractivity contribution is 0.102. The van der Waals surface area contributed by atoms with Gasteiger partial charge in [-0.05, 0) is 61.0 Å². The lowest BCUT2D eigenvalue weighted by atomic mass is 10.1. The molecule has 0 bridgehead atoms. The number of aryl methyl sites for hydroxylation is 1. The van der Waals surface area contributed by atoms with E-state index in [9.17, 15) is 4.79 Å². The minimum absolute atomic E-state index is 0.255. The van der Waals surface area contributed by atoms with E-state index in [4.69, 9.17) is 39.2 Å². The molecule has 0 atom stereocenters. The maximum Gasteiger partial charge on any atom is 0.255 e. The van der Waals surface area contributed by atoms with Crippen molar-refractivity contribution in [3.8, 4) is 11.5 Å². The summed E-state index contributed by atoms with van der Waals surface area (Å²) in [6.07, 6.45) is 0. The van der Waals surface area contributed by atoms with Crippen LogP contribution in [0.15, 0.2) is 59.0 Å². The summed E-state index contributed by atoms with van der Waals surface area (Å²) in [5.74, 6) is 0.164. The van der Waals surface area contributed by atoms with Gasteiger partial charge in [-0.15, -0.1) is 0 Å². The number of halogens is 3. The number of carbonyl (C=O) groups excluding carboxylic acids is 1. The zero-order chi connectivity index (χ0) is 19.8. The van der Waals surface area contributed by atoms with Crippen molar-refractivity contribution < 1.29 is 9.21 Å². The first-order valence-corrected chi connectivity index (χ1v) is 9.47. The van der Waals surface area contributed by atoms with E-state index in [1.165, 1.54) is 0 Å². The summed E-state index contributed by atoms with van der Waals surface area (Å²) in [5.41, 5.74) is 3.91. The number of hydrogen-bond donors (Lipinski definition) is 1. The number of aromatic nitrogens is 1. The fourth-order valence-electron chi connectivity index (χ4n) is 2.70. The van der Waals surface area contributed by atoms with E-state index in [0.717, 1.165) is 5.56 Å². The molecule has 140 valence electrons. The molecule has 0 unspecified atom stereocenters. The molecule has 1 heterocycles. The van der Waals surface area contributed by atoms with Crippen molar-refractivity contribution in [1.82, 2.24) is 4.98 Å². The Balaban J connectivity index is 1.61. The molecule has 4 aromatic rings. The molecule has 0 fully saturated rings. The maximum absolute atomic E-state index is 12.5. The van der Waals surface area contributed by atoms with Gasteiger partial charge in [0.2, 0.25) is 5.89 Å². The standard InChI is InChI=1S/C21H13Cl3N2O2/c1-11-2-3-12(8-16(11)23)20(27)25-14-5-7-19-18(10-14)26-21(28-19)13-4-6-15(22)17(24)9-13/h2-10H,1H3,(H,25,27). The van der Waals surface area contributed by atoms with Crippen molar-refractivity contribution in [3.05, 3.63) is 80.8 Å². The van der Waals surface area contributed by atoms with Crippen LogP contribution < -0.4 is 5.32 Å². The van der Waals surface area contributed by atoms with Crippen LogP contribution in [0.4, 0.5) is 5.69 Å². The van der Waals surface area contributed by atoms with E-state index >= 15 is 0 Å². The minimum atomic E-state index is -0.255. The summed E-state index contributed by atoms with van der Waals surface area (Å²) in [4.78, 5) is 16.9. The third-order valence-electron chi connectivity index (χ3n) is 4.25. The van der Waals surface area contributed by atoms with Crippen LogP contribution in [0.2, 0.25) is 15.1 Å². The number of amides is 1. The van der Waals surface area contributed by atoms with Crippen LogP contribution in [0.25, 0.3) is 22.6 Å². The Morgan fingerprint density at radius 3 is 2.50 bits per heavy atom. The molecule has 1 amide bonds. The molecule has 4 rings (SSSR count). The van der Waals surface area contributed by atoms with Crippen LogP contribution in [0.5, 0.6) is 0 Å². The Morgan fingerprint density at radius 2 is 1.75 bits per heavy atom. The third kappa shape index (κ3) is 3.72. The number of hydrogen-bond acceptors (Lipinski definition) is 3. The van der Waals surface area contributed by atoms with Crippen molar-refractivity contribution in [2.75, 3.05) is 5.32 Å². The van der Waals surface area contributed by atoms with Gasteiger partial charge in [-0.1, -0.05) is 40.9 Å². The fraction of sp³-hybridized carbons (Fsp3) is 0.0476. The number of nitrogens with one attached hydrogen (secondary N) is 1. The zero-order valence-corrected chi connectivity index (χ0v) is 16.9. The van der Waals surface area contributed by atoms with Crippen molar-refractivity contribution in [2.24, 2.45) is 0 Å². The number of rotatable bonds is 3. The molecule has 0 saturated heterocycles. The summed E-state index contributed by atoms with van der Waals surface area (Å²) in [7, 11) is 0. The molecular weight excluding hydrogens is 419 g/mol. The minimum Gasteiger partial charge on any atom is -0.436 e. The van der Waals surface area contributed by atoms with Gasteiger partial charge in [-0.2, -0.15) is 0 Å². The van der Waals surface area contributed by atoms with Crippen molar-refractivity contribution >= 4 is 57.5 Å². The summed E-state index contributed by atoms with van der Waals surface area (Å²) in [6, 6.07) is 15.6. The molecule has 0 radical (unpaired) electrons. The molecule has 1 aromatic heterocycles. The summed E-state index contributed by atoms with van der Waals surface area (Å²) < 4.78 is 5.78. The van der Waals surface area contributed by atoms with Gasteiger partial charge in [0, 0.05) is 21.8 Å². The highest BCUT2D eigenvalue weighted by Crippen LogP contribution is 2.31. The first kappa shape index (κ1) is 18.8. The van der Waals surface area contributed by atoms with Crippen molar-refractivity contribution in [1.29, 1.82) is 0 Å². The number of nitrogens with zero attached hydrogens (tertiary/aromatic N) is 1. The SMILES string of the molecule is Cc1ccc(C(=O)Nc2ccc3oc(-c4ccc(Cl)c(Cl)c4)nc3c2)cc1Cl. The van der Waals surface area contributed by atoms with Gasteiger partial charge in [-0.3, -0.25) is 4.79 Å². The highest BCUT2D eigenvalue weighted by Gasteiger charge is 2.12. The van der Waals surface area contributed by atoms with Crippen LogP contribution in [-0.4, -0.2) is 10.9 Å². The van der Waals surface area contributed by atoms with Gasteiger partial charge in [0.1, 0.15) is 5.52 Å². The number of oxazole rings is 1. The predicted octanol–water partition coefficient (Wildman–Crippen LogP) is 7.02. The largest absolute Gasteiger partial charge is 0.436 e. The average molecular weight is 432 g/mol. The van der Waals surface area contributed by atoms with Crippen LogP contribution in [0, 0.1) is 6.92 Å². The Kier molecular flexibility index (Phi) is 5.02. The quantitative estimate of drug-likeness (QED) is 0.379. The van der Waals surface area contributed by atoms with Gasteiger partial charge >= 0.3 is 0 Å². The topological polar surface area (TPSA) is 55.1 Å². The predicted molar refractivity (Wildman–Crippen MR) is 114 cm³/mol. The van der Waals surface area contributed by atoms with Crippen molar-refractivity contribution in [3.63, 3.8) is 0 Å². The van der Waals surface area contributed by atoms with Gasteiger partial charge in [0.05, 0.1) is 10.0 Å². The molecule has 28 heavy (non-hydrogen) atoms. The first-order valence-electron chi connectivity index (χ1n) is 8.34. The van der Waals surface area contributed by atoms with Gasteiger partial charge < -0.3 is 9.73 Å². The Labute approximate surface area is 176 Å². The van der Waals surface area contributed by atoms with Crippen LogP contribution in [-0.2, 0) is 0 Å². The molecular formula is C21H13Cl3N2O2. The summed E-state index contributed by atoms with van der Waals surface area (Å²) in [5, 5.41) is 4.28. The highest BCUT2D eigenvalue weighted by atomic mass is 35.5. The van der Waals surface area contributed by atoms with Gasteiger partial charge in [0.15, 0.2) is 5.58 Å². The second-order valence-electron chi connectivity index (χ2n) is 6.25. The molecule has 3 aromatic carbocycles. The number of anilines is 1. The fourth-order valence-corrected chi connectivity index (χ4v) is 3.17. The van der Waals surface area contributed by atoms with Gasteiger partial charge in [-0.25, -0.2) is 4.98 Å². The van der Waals surface area contributed by atoms with Crippen LogP contribution in [0.3, 0.4) is 0 Å². The second kappa shape index (κ2) is 7.47. The molecule has 7 heteroatoms. The molecule has 1 N–H and O–H groups in total. The first-order chi connectivity index (χ1) is 13.4. The smallest absolute Gasteiger partial charge is 0.255 e.